The maximum atomic E-state index is 10.9. The lowest BCUT2D eigenvalue weighted by atomic mass is 10.0. The molecule has 0 radical (unpaired) electrons. The van der Waals surface area contributed by atoms with E-state index in [1.165, 1.54) is 0 Å². The van der Waals surface area contributed by atoms with Gasteiger partial charge in [-0.1, -0.05) is 33.1 Å². The van der Waals surface area contributed by atoms with E-state index in [2.05, 4.69) is 4.18 Å². The van der Waals surface area contributed by atoms with Gasteiger partial charge in [0.25, 0.3) is 0 Å². The highest BCUT2D eigenvalue weighted by molar-refractivity contribution is 8.63. The molecule has 0 aliphatic rings. The Morgan fingerprint density at radius 1 is 1.19 bits per heavy atom. The highest BCUT2D eigenvalue weighted by Crippen LogP contribution is 2.15. The molecule has 0 fully saturated rings. The van der Waals surface area contributed by atoms with Crippen molar-refractivity contribution in [3.05, 3.63) is 0 Å². The van der Waals surface area contributed by atoms with Gasteiger partial charge in [-0.25, -0.2) is 0 Å². The van der Waals surface area contributed by atoms with Gasteiger partial charge in [-0.2, -0.15) is 16.8 Å². The third-order valence-corrected chi connectivity index (χ3v) is 5.03. The average molecular weight is 274 g/mol. The normalized spacial score (nSPS) is 14.9. The van der Waals surface area contributed by atoms with Crippen molar-refractivity contribution < 1.29 is 25.6 Å². The molecule has 98 valence electrons. The first-order chi connectivity index (χ1) is 7.24. The van der Waals surface area contributed by atoms with Crippen molar-refractivity contribution in [1.29, 1.82) is 0 Å². The van der Waals surface area contributed by atoms with Crippen molar-refractivity contribution in [2.75, 3.05) is 6.61 Å². The molecule has 8 heteroatoms. The molecule has 0 aliphatic carbocycles. The van der Waals surface area contributed by atoms with Crippen LogP contribution in [-0.2, 0) is 22.5 Å². The van der Waals surface area contributed by atoms with Crippen LogP contribution >= 0.6 is 0 Å². The fourth-order valence-electron chi connectivity index (χ4n) is 1.14. The third-order valence-electron chi connectivity index (χ3n) is 2.25. The minimum Gasteiger partial charge on any atom is -0.272 e. The van der Waals surface area contributed by atoms with E-state index < -0.39 is 18.3 Å². The van der Waals surface area contributed by atoms with Crippen molar-refractivity contribution >= 4 is 18.3 Å². The highest BCUT2D eigenvalue weighted by Gasteiger charge is 2.29. The smallest absolute Gasteiger partial charge is 0.272 e. The predicted molar refractivity (Wildman–Crippen MR) is 59.7 cm³/mol. The molecule has 0 aromatic rings. The van der Waals surface area contributed by atoms with Crippen LogP contribution in [0.5, 0.6) is 0 Å². The number of hydrogen-bond donors (Lipinski definition) is 1. The molecular weight excluding hydrogens is 256 g/mol. The minimum absolute atomic E-state index is 0.0172. The van der Waals surface area contributed by atoms with E-state index in [4.69, 9.17) is 4.55 Å². The first-order valence-corrected chi connectivity index (χ1v) is 8.48. The van der Waals surface area contributed by atoms with Gasteiger partial charge in [0.05, 0.1) is 6.61 Å². The molecule has 0 amide bonds. The van der Waals surface area contributed by atoms with Gasteiger partial charge in [0.2, 0.25) is 0 Å². The molecule has 1 unspecified atom stereocenters. The van der Waals surface area contributed by atoms with E-state index in [1.807, 2.05) is 13.8 Å². The number of unbranched alkanes of at least 4 members (excludes halogenated alkanes) is 1. The van der Waals surface area contributed by atoms with Crippen LogP contribution in [-0.4, -0.2) is 28.0 Å². The first-order valence-electron chi connectivity index (χ1n) is 5.11. The average Bonchev–Trinajstić information content (AvgIpc) is 2.16. The zero-order valence-corrected chi connectivity index (χ0v) is 11.1. The summed E-state index contributed by atoms with van der Waals surface area (Å²) in [5.41, 5.74) is 0. The van der Waals surface area contributed by atoms with E-state index in [-0.39, 0.29) is 12.5 Å². The second kappa shape index (κ2) is 6.53. The maximum Gasteiger partial charge on any atom is 0.399 e. The van der Waals surface area contributed by atoms with Crippen LogP contribution in [0.3, 0.4) is 0 Å². The van der Waals surface area contributed by atoms with Crippen molar-refractivity contribution in [1.82, 2.24) is 0 Å². The molecule has 1 atom stereocenters. The summed E-state index contributed by atoms with van der Waals surface area (Å²) in [6, 6.07) is 0. The Morgan fingerprint density at radius 2 is 1.75 bits per heavy atom. The van der Waals surface area contributed by atoms with E-state index in [9.17, 15) is 16.8 Å². The van der Waals surface area contributed by atoms with Crippen LogP contribution in [0, 0.1) is 5.92 Å². The van der Waals surface area contributed by atoms with E-state index in [0.717, 1.165) is 19.3 Å². The molecule has 0 aromatic carbocycles. The fraction of sp³-hybridized carbons (Fsp3) is 1.00. The van der Waals surface area contributed by atoms with Gasteiger partial charge >= 0.3 is 18.3 Å². The predicted octanol–water partition coefficient (Wildman–Crippen LogP) is 1.35. The summed E-state index contributed by atoms with van der Waals surface area (Å²) >= 11 is 0. The zero-order chi connectivity index (χ0) is 12.8. The Kier molecular flexibility index (Phi) is 6.46. The van der Waals surface area contributed by atoms with Gasteiger partial charge in [0.1, 0.15) is 0 Å². The second-order valence-corrected chi connectivity index (χ2v) is 7.93. The monoisotopic (exact) mass is 274 g/mol. The summed E-state index contributed by atoms with van der Waals surface area (Å²) in [5.74, 6) is -0.0172. The van der Waals surface area contributed by atoms with Crippen molar-refractivity contribution in [2.24, 2.45) is 5.92 Å². The first kappa shape index (κ1) is 15.8. The van der Waals surface area contributed by atoms with Gasteiger partial charge in [0, 0.05) is 0 Å². The Labute approximate surface area is 96.3 Å². The lowest BCUT2D eigenvalue weighted by Gasteiger charge is -2.13. The summed E-state index contributed by atoms with van der Waals surface area (Å²) < 4.78 is 55.2. The van der Waals surface area contributed by atoms with Gasteiger partial charge in [-0.05, 0) is 12.3 Å². The summed E-state index contributed by atoms with van der Waals surface area (Å²) in [5, 5.41) is 0. The molecular formula is C8H18O6S2. The lowest BCUT2D eigenvalue weighted by molar-refractivity contribution is 0.242. The quantitative estimate of drug-likeness (QED) is 0.530. The molecule has 0 spiro atoms. The molecule has 0 aliphatic heterocycles. The van der Waals surface area contributed by atoms with Crippen LogP contribution in [0.25, 0.3) is 0 Å². The van der Waals surface area contributed by atoms with Crippen LogP contribution in [0.15, 0.2) is 0 Å². The van der Waals surface area contributed by atoms with Crippen molar-refractivity contribution in [3.63, 3.8) is 0 Å². The van der Waals surface area contributed by atoms with Gasteiger partial charge in [0.15, 0.2) is 0 Å². The molecule has 6 nitrogen and oxygen atoms in total. The molecule has 1 N–H and O–H groups in total. The SMILES string of the molecule is CCCCC(CC)COS(=O)(=O)S(=O)(=O)O. The number of rotatable bonds is 8. The van der Waals surface area contributed by atoms with E-state index in [1.54, 1.807) is 0 Å². The molecule has 16 heavy (non-hydrogen) atoms. The number of hydrogen-bond acceptors (Lipinski definition) is 5. The topological polar surface area (TPSA) is 97.7 Å². The fourth-order valence-corrected chi connectivity index (χ4v) is 2.15. The van der Waals surface area contributed by atoms with Crippen LogP contribution in [0.4, 0.5) is 0 Å². The molecule has 0 saturated carbocycles. The van der Waals surface area contributed by atoms with Gasteiger partial charge < -0.3 is 0 Å². The minimum atomic E-state index is -5.18. The van der Waals surface area contributed by atoms with Crippen LogP contribution in [0.1, 0.15) is 39.5 Å². The molecule has 0 bridgehead atoms. The molecule has 0 rings (SSSR count). The molecule has 0 heterocycles. The molecule has 0 saturated heterocycles. The summed E-state index contributed by atoms with van der Waals surface area (Å²) in [6.45, 7) is 3.66. The van der Waals surface area contributed by atoms with Crippen molar-refractivity contribution in [3.8, 4) is 0 Å². The third kappa shape index (κ3) is 5.24. The van der Waals surface area contributed by atoms with Gasteiger partial charge in [-0.15, -0.1) is 0 Å². The Balaban J connectivity index is 4.33. The largest absolute Gasteiger partial charge is 0.399 e. The summed E-state index contributed by atoms with van der Waals surface area (Å²) in [6.07, 6.45) is 3.37. The van der Waals surface area contributed by atoms with Gasteiger partial charge in [-0.3, -0.25) is 8.74 Å². The second-order valence-electron chi connectivity index (χ2n) is 3.54. The zero-order valence-electron chi connectivity index (χ0n) is 9.42. The summed E-state index contributed by atoms with van der Waals surface area (Å²) in [7, 11) is -10.1. The lowest BCUT2D eigenvalue weighted by Crippen LogP contribution is -2.21. The van der Waals surface area contributed by atoms with Crippen LogP contribution < -0.4 is 0 Å². The maximum absolute atomic E-state index is 10.9. The van der Waals surface area contributed by atoms with E-state index >= 15 is 0 Å². The highest BCUT2D eigenvalue weighted by atomic mass is 33.2. The van der Waals surface area contributed by atoms with Crippen LogP contribution in [0.2, 0.25) is 0 Å². The Hall–Kier alpha value is -0.180. The molecule has 0 aromatic heterocycles. The van der Waals surface area contributed by atoms with E-state index in [0.29, 0.717) is 6.42 Å². The Bertz CT molecular complexity index is 383. The standard InChI is InChI=1S/C8H18O6S2/c1-3-5-6-8(4-2)7-14-16(12,13)15(9,10)11/h8H,3-7H2,1-2H3,(H,9,10,11). The van der Waals surface area contributed by atoms with Crippen molar-refractivity contribution in [2.45, 2.75) is 39.5 Å². The summed E-state index contributed by atoms with van der Waals surface area (Å²) in [4.78, 5) is 0. The Morgan fingerprint density at radius 3 is 2.12 bits per heavy atom.